The third-order valence-electron chi connectivity index (χ3n) is 5.87. The Bertz CT molecular complexity index is 1140. The van der Waals surface area contributed by atoms with Crippen molar-refractivity contribution in [1.29, 1.82) is 5.26 Å². The Morgan fingerprint density at radius 2 is 2.13 bits per heavy atom. The molecule has 1 fully saturated rings. The second-order valence-electron chi connectivity index (χ2n) is 7.82. The van der Waals surface area contributed by atoms with Crippen molar-refractivity contribution in [2.24, 2.45) is 11.1 Å². The molecule has 4 rings (SSSR count). The van der Waals surface area contributed by atoms with E-state index < -0.39 is 5.97 Å². The topological polar surface area (TPSA) is 138 Å². The van der Waals surface area contributed by atoms with Crippen LogP contribution in [0.4, 0.5) is 5.69 Å². The van der Waals surface area contributed by atoms with Crippen LogP contribution in [0.2, 0.25) is 0 Å². The Labute approximate surface area is 178 Å². The average molecular weight is 421 g/mol. The fraction of sp³-hybridized carbons (Fsp3) is 0.429. The molecule has 1 saturated carbocycles. The van der Waals surface area contributed by atoms with Crippen molar-refractivity contribution >= 4 is 17.2 Å². The molecule has 0 aliphatic heterocycles. The van der Waals surface area contributed by atoms with Gasteiger partial charge in [-0.15, -0.1) is 0 Å². The van der Waals surface area contributed by atoms with Crippen molar-refractivity contribution < 1.29 is 9.90 Å². The van der Waals surface area contributed by atoms with Gasteiger partial charge in [0.2, 0.25) is 0 Å². The maximum absolute atomic E-state index is 11.0. The summed E-state index contributed by atoms with van der Waals surface area (Å²) in [6.45, 7) is -0.262. The summed E-state index contributed by atoms with van der Waals surface area (Å²) in [5, 5.41) is 33.0. The summed E-state index contributed by atoms with van der Waals surface area (Å²) in [5.74, 6) is -0.535. The van der Waals surface area contributed by atoms with Crippen molar-refractivity contribution in [2.75, 3.05) is 11.9 Å². The lowest BCUT2D eigenvalue weighted by molar-refractivity contribution is -0.134. The third kappa shape index (κ3) is 4.26. The van der Waals surface area contributed by atoms with Gasteiger partial charge in [-0.25, -0.2) is 4.52 Å². The molecule has 3 aromatic heterocycles. The first-order chi connectivity index (χ1) is 15.1. The largest absolute Gasteiger partial charge is 0.480 e. The summed E-state index contributed by atoms with van der Waals surface area (Å²) >= 11 is 0. The van der Waals surface area contributed by atoms with Crippen LogP contribution < -0.4 is 5.32 Å². The highest BCUT2D eigenvalue weighted by molar-refractivity contribution is 5.85. The molecule has 0 amide bonds. The van der Waals surface area contributed by atoms with E-state index in [1.54, 1.807) is 29.2 Å². The summed E-state index contributed by atoms with van der Waals surface area (Å²) in [6.07, 6.45) is 11.9. The SMILES string of the molecule is N#CCC(C1CCCC1)n1cc(-c2c(CN=O)cnn3cc(NCC(=O)O)cc23)cn1. The lowest BCUT2D eigenvalue weighted by atomic mass is 9.96. The molecule has 0 bridgehead atoms. The fourth-order valence-corrected chi connectivity index (χ4v) is 4.45. The van der Waals surface area contributed by atoms with Crippen LogP contribution in [0.1, 0.15) is 43.7 Å². The van der Waals surface area contributed by atoms with Gasteiger partial charge in [0.05, 0.1) is 48.3 Å². The van der Waals surface area contributed by atoms with Gasteiger partial charge in [-0.1, -0.05) is 18.0 Å². The number of fused-ring (bicyclic) bond motifs is 1. The molecular weight excluding hydrogens is 398 g/mol. The molecule has 160 valence electrons. The zero-order chi connectivity index (χ0) is 21.8. The maximum atomic E-state index is 11.0. The number of hydrogen-bond acceptors (Lipinski definition) is 7. The number of aliphatic carboxylic acids is 1. The van der Waals surface area contributed by atoms with Gasteiger partial charge in [-0.05, 0) is 24.8 Å². The highest BCUT2D eigenvalue weighted by Gasteiger charge is 2.27. The van der Waals surface area contributed by atoms with E-state index in [1.807, 2.05) is 10.9 Å². The number of anilines is 1. The molecule has 0 radical (unpaired) electrons. The number of nitrogens with one attached hydrogen (secondary N) is 1. The van der Waals surface area contributed by atoms with Gasteiger partial charge in [0.25, 0.3) is 0 Å². The summed E-state index contributed by atoms with van der Waals surface area (Å²) in [6, 6.07) is 4.10. The van der Waals surface area contributed by atoms with Gasteiger partial charge in [-0.3, -0.25) is 9.48 Å². The summed E-state index contributed by atoms with van der Waals surface area (Å²) in [5.41, 5.74) is 3.54. The highest BCUT2D eigenvalue weighted by Crippen LogP contribution is 2.37. The van der Waals surface area contributed by atoms with Crippen molar-refractivity contribution in [1.82, 2.24) is 19.4 Å². The number of carboxylic acids is 1. The molecule has 10 nitrogen and oxygen atoms in total. The number of carboxylic acid groups (broad SMARTS) is 1. The predicted molar refractivity (Wildman–Crippen MR) is 113 cm³/mol. The second-order valence-corrected chi connectivity index (χ2v) is 7.82. The van der Waals surface area contributed by atoms with Crippen molar-refractivity contribution in [3.05, 3.63) is 41.3 Å². The van der Waals surface area contributed by atoms with E-state index in [-0.39, 0.29) is 19.1 Å². The van der Waals surface area contributed by atoms with Gasteiger partial charge in [0, 0.05) is 22.9 Å². The highest BCUT2D eigenvalue weighted by atomic mass is 16.4. The minimum atomic E-state index is -0.967. The molecular formula is C21H23N7O3. The maximum Gasteiger partial charge on any atom is 0.322 e. The average Bonchev–Trinajstić information content (AvgIpc) is 3.51. The van der Waals surface area contributed by atoms with Crippen LogP contribution >= 0.6 is 0 Å². The summed E-state index contributed by atoms with van der Waals surface area (Å²) in [4.78, 5) is 21.9. The molecule has 0 aromatic carbocycles. The smallest absolute Gasteiger partial charge is 0.322 e. The van der Waals surface area contributed by atoms with Gasteiger partial charge < -0.3 is 10.4 Å². The van der Waals surface area contributed by atoms with Crippen molar-refractivity contribution in [3.8, 4) is 17.2 Å². The molecule has 0 saturated heterocycles. The number of aromatic nitrogens is 4. The van der Waals surface area contributed by atoms with E-state index in [9.17, 15) is 15.0 Å². The number of rotatable bonds is 9. The van der Waals surface area contributed by atoms with E-state index in [1.165, 1.54) is 12.8 Å². The third-order valence-corrected chi connectivity index (χ3v) is 5.87. The predicted octanol–water partition coefficient (Wildman–Crippen LogP) is 3.61. The fourth-order valence-electron chi connectivity index (χ4n) is 4.45. The Hall–Kier alpha value is -3.74. The molecule has 0 spiro atoms. The summed E-state index contributed by atoms with van der Waals surface area (Å²) in [7, 11) is 0. The molecule has 3 aromatic rings. The monoisotopic (exact) mass is 421 g/mol. The Balaban J connectivity index is 1.75. The lowest BCUT2D eigenvalue weighted by Crippen LogP contribution is -2.17. The van der Waals surface area contributed by atoms with Crippen LogP contribution in [0, 0.1) is 22.2 Å². The van der Waals surface area contributed by atoms with Gasteiger partial charge in [0.1, 0.15) is 13.1 Å². The number of nitriles is 1. The summed E-state index contributed by atoms with van der Waals surface area (Å²) < 4.78 is 3.50. The van der Waals surface area contributed by atoms with Gasteiger partial charge in [0.15, 0.2) is 0 Å². The number of hydrogen-bond donors (Lipinski definition) is 2. The Kier molecular flexibility index (Phi) is 5.93. The molecule has 1 aliphatic rings. The van der Waals surface area contributed by atoms with E-state index in [0.29, 0.717) is 29.1 Å². The van der Waals surface area contributed by atoms with Crippen LogP contribution in [0.3, 0.4) is 0 Å². The minimum Gasteiger partial charge on any atom is -0.480 e. The number of nitroso groups, excluding NO2 is 1. The first-order valence-corrected chi connectivity index (χ1v) is 10.3. The van der Waals surface area contributed by atoms with Crippen LogP contribution in [-0.2, 0) is 11.3 Å². The number of carbonyl (C=O) groups is 1. The van der Waals surface area contributed by atoms with Crippen LogP contribution in [0.5, 0.6) is 0 Å². The van der Waals surface area contributed by atoms with Crippen LogP contribution in [0.15, 0.2) is 36.0 Å². The lowest BCUT2D eigenvalue weighted by Gasteiger charge is -2.21. The van der Waals surface area contributed by atoms with E-state index in [2.05, 4.69) is 26.8 Å². The first-order valence-electron chi connectivity index (χ1n) is 10.3. The Morgan fingerprint density at radius 1 is 1.32 bits per heavy atom. The van der Waals surface area contributed by atoms with Crippen LogP contribution in [-0.4, -0.2) is 37.0 Å². The molecule has 3 heterocycles. The number of nitrogens with zero attached hydrogens (tertiary/aromatic N) is 6. The first kappa shape index (κ1) is 20.5. The zero-order valence-corrected chi connectivity index (χ0v) is 16.9. The van der Waals surface area contributed by atoms with Gasteiger partial charge >= 0.3 is 5.97 Å². The second kappa shape index (κ2) is 8.95. The van der Waals surface area contributed by atoms with Crippen molar-refractivity contribution in [2.45, 2.75) is 44.7 Å². The van der Waals surface area contributed by atoms with Crippen molar-refractivity contribution in [3.63, 3.8) is 0 Å². The van der Waals surface area contributed by atoms with E-state index in [0.717, 1.165) is 24.0 Å². The molecule has 10 heteroatoms. The molecule has 1 aliphatic carbocycles. The molecule has 1 atom stereocenters. The quantitative estimate of drug-likeness (QED) is 0.503. The standard InChI is InChI=1S/C21H23N7O3/c22-6-5-18(14-3-1-2-4-14)27-12-16(9-25-27)21-15(10-26-31)8-24-28-13-17(7-19(21)28)23-11-20(29)30/h7-9,12-14,18,23H,1-5,10-11H2,(H,29,30). The normalized spacial score (nSPS) is 15.1. The minimum absolute atomic E-state index is 0.0198. The Morgan fingerprint density at radius 3 is 2.84 bits per heavy atom. The molecule has 31 heavy (non-hydrogen) atoms. The van der Waals surface area contributed by atoms with Crippen LogP contribution in [0.25, 0.3) is 16.6 Å². The van der Waals surface area contributed by atoms with E-state index in [4.69, 9.17) is 5.11 Å². The van der Waals surface area contributed by atoms with Gasteiger partial charge in [-0.2, -0.15) is 20.4 Å². The molecule has 1 unspecified atom stereocenters. The van der Waals surface area contributed by atoms with E-state index >= 15 is 0 Å². The zero-order valence-electron chi connectivity index (χ0n) is 16.9. The molecule has 2 N–H and O–H groups in total.